The zero-order chi connectivity index (χ0) is 14.3. The third kappa shape index (κ3) is 4.53. The Morgan fingerprint density at radius 1 is 1.26 bits per heavy atom. The second-order valence-electron chi connectivity index (χ2n) is 4.41. The average Bonchev–Trinajstić information content (AvgIpc) is 2.43. The van der Waals surface area contributed by atoms with Gasteiger partial charge in [0.15, 0.2) is 11.6 Å². The van der Waals surface area contributed by atoms with E-state index in [9.17, 15) is 8.78 Å². The predicted molar refractivity (Wildman–Crippen MR) is 73.9 cm³/mol. The van der Waals surface area contributed by atoms with Gasteiger partial charge in [-0.25, -0.2) is 8.78 Å². The Morgan fingerprint density at radius 2 is 1.95 bits per heavy atom. The number of halogens is 2. The molecule has 0 aliphatic heterocycles. The van der Waals surface area contributed by atoms with Gasteiger partial charge < -0.3 is 16.0 Å². The first kappa shape index (κ1) is 16.0. The topological polar surface area (TPSA) is 41.3 Å². The number of nitrogens with one attached hydrogen (secondary N) is 1. The molecule has 0 bridgehead atoms. The lowest BCUT2D eigenvalue weighted by Gasteiger charge is -2.22. The summed E-state index contributed by atoms with van der Waals surface area (Å²) >= 11 is 0. The number of nitrogens with two attached hydrogens (primary N) is 1. The molecule has 108 valence electrons. The number of rotatable bonds is 8. The minimum Gasteiger partial charge on any atom is -0.329 e. The van der Waals surface area contributed by atoms with Crippen molar-refractivity contribution in [1.29, 1.82) is 0 Å². The summed E-state index contributed by atoms with van der Waals surface area (Å²) in [5, 5.41) is 3.18. The van der Waals surface area contributed by atoms with Crippen LogP contribution in [0, 0.1) is 11.6 Å². The van der Waals surface area contributed by atoms with Gasteiger partial charge in [-0.2, -0.15) is 0 Å². The van der Waals surface area contributed by atoms with Crippen LogP contribution < -0.4 is 11.1 Å². The molecule has 1 rings (SSSR count). The molecule has 0 saturated carbocycles. The fourth-order valence-electron chi connectivity index (χ4n) is 2.05. The van der Waals surface area contributed by atoms with Crippen LogP contribution in [0.2, 0.25) is 0 Å². The molecule has 1 atom stereocenters. The van der Waals surface area contributed by atoms with Gasteiger partial charge in [0.2, 0.25) is 0 Å². The quantitative estimate of drug-likeness (QED) is 0.759. The predicted octanol–water partition coefficient (Wildman–Crippen LogP) is 1.90. The van der Waals surface area contributed by atoms with Crippen molar-refractivity contribution in [2.75, 3.05) is 32.7 Å². The fraction of sp³-hybridized carbons (Fsp3) is 0.571. The Hall–Kier alpha value is -1.04. The lowest BCUT2D eigenvalue weighted by molar-refractivity contribution is 0.296. The molecule has 0 amide bonds. The maximum atomic E-state index is 13.7. The summed E-state index contributed by atoms with van der Waals surface area (Å²) in [5.74, 6) is -1.64. The van der Waals surface area contributed by atoms with Gasteiger partial charge in [0.1, 0.15) is 0 Å². The average molecular weight is 271 g/mol. The van der Waals surface area contributed by atoms with Gasteiger partial charge in [0.05, 0.1) is 0 Å². The minimum atomic E-state index is -0.832. The highest BCUT2D eigenvalue weighted by atomic mass is 19.2. The molecule has 0 aliphatic carbocycles. The summed E-state index contributed by atoms with van der Waals surface area (Å²) in [7, 11) is 0. The molecular formula is C14H23F2N3. The smallest absolute Gasteiger partial charge is 0.163 e. The van der Waals surface area contributed by atoms with E-state index in [2.05, 4.69) is 24.1 Å². The van der Waals surface area contributed by atoms with Crippen LogP contribution in [0.15, 0.2) is 18.2 Å². The standard InChI is InChI=1S/C14H23F2N3/c1-3-19(4-2)9-8-18-13(10-17)11-6-5-7-12(15)14(11)16/h5-7,13,18H,3-4,8-10,17H2,1-2H3. The zero-order valence-electron chi connectivity index (χ0n) is 11.6. The zero-order valence-corrected chi connectivity index (χ0v) is 11.6. The van der Waals surface area contributed by atoms with Crippen LogP contribution in [0.3, 0.4) is 0 Å². The van der Waals surface area contributed by atoms with E-state index in [0.717, 1.165) is 25.7 Å². The monoisotopic (exact) mass is 271 g/mol. The lowest BCUT2D eigenvalue weighted by Crippen LogP contribution is -2.36. The fourth-order valence-corrected chi connectivity index (χ4v) is 2.05. The molecule has 0 radical (unpaired) electrons. The van der Waals surface area contributed by atoms with Crippen molar-refractivity contribution in [3.05, 3.63) is 35.4 Å². The van der Waals surface area contributed by atoms with Crippen molar-refractivity contribution >= 4 is 0 Å². The van der Waals surface area contributed by atoms with E-state index < -0.39 is 11.6 Å². The van der Waals surface area contributed by atoms with E-state index >= 15 is 0 Å². The molecule has 0 aromatic heterocycles. The van der Waals surface area contributed by atoms with Crippen LogP contribution in [0.1, 0.15) is 25.5 Å². The number of hydrogen-bond acceptors (Lipinski definition) is 3. The van der Waals surface area contributed by atoms with Gasteiger partial charge in [0.25, 0.3) is 0 Å². The van der Waals surface area contributed by atoms with Gasteiger partial charge >= 0.3 is 0 Å². The van der Waals surface area contributed by atoms with Crippen LogP contribution in [0.5, 0.6) is 0 Å². The molecule has 0 heterocycles. The third-order valence-electron chi connectivity index (χ3n) is 3.31. The highest BCUT2D eigenvalue weighted by Gasteiger charge is 2.16. The second kappa shape index (κ2) is 8.19. The molecule has 0 aliphatic rings. The molecule has 3 N–H and O–H groups in total. The molecule has 0 spiro atoms. The molecule has 1 aromatic rings. The van der Waals surface area contributed by atoms with Crippen LogP contribution in [-0.4, -0.2) is 37.6 Å². The highest BCUT2D eigenvalue weighted by Crippen LogP contribution is 2.18. The van der Waals surface area contributed by atoms with Crippen molar-refractivity contribution in [3.63, 3.8) is 0 Å². The van der Waals surface area contributed by atoms with Gasteiger partial charge in [-0.1, -0.05) is 26.0 Å². The first-order valence-corrected chi connectivity index (χ1v) is 6.73. The number of nitrogens with zero attached hydrogens (tertiary/aromatic N) is 1. The normalized spacial score (nSPS) is 12.9. The van der Waals surface area contributed by atoms with Gasteiger partial charge in [0, 0.05) is 31.2 Å². The Bertz CT molecular complexity index is 381. The van der Waals surface area contributed by atoms with Crippen molar-refractivity contribution in [2.24, 2.45) is 5.73 Å². The van der Waals surface area contributed by atoms with E-state index in [1.165, 1.54) is 6.07 Å². The summed E-state index contributed by atoms with van der Waals surface area (Å²) in [5.41, 5.74) is 5.93. The van der Waals surface area contributed by atoms with E-state index in [-0.39, 0.29) is 12.6 Å². The van der Waals surface area contributed by atoms with E-state index in [0.29, 0.717) is 12.1 Å². The van der Waals surface area contributed by atoms with Crippen LogP contribution in [-0.2, 0) is 0 Å². The summed E-state index contributed by atoms with van der Waals surface area (Å²) in [6.07, 6.45) is 0. The Morgan fingerprint density at radius 3 is 2.53 bits per heavy atom. The molecule has 3 nitrogen and oxygen atoms in total. The van der Waals surface area contributed by atoms with Gasteiger partial charge in [-0.15, -0.1) is 0 Å². The van der Waals surface area contributed by atoms with Crippen molar-refractivity contribution in [2.45, 2.75) is 19.9 Å². The largest absolute Gasteiger partial charge is 0.329 e. The van der Waals surface area contributed by atoms with Crippen LogP contribution in [0.4, 0.5) is 8.78 Å². The Balaban J connectivity index is 2.61. The summed E-state index contributed by atoms with van der Waals surface area (Å²) < 4.78 is 26.9. The molecule has 0 saturated heterocycles. The van der Waals surface area contributed by atoms with Crippen molar-refractivity contribution in [1.82, 2.24) is 10.2 Å². The minimum absolute atomic E-state index is 0.235. The Labute approximate surface area is 113 Å². The van der Waals surface area contributed by atoms with E-state index in [1.807, 2.05) is 0 Å². The summed E-state index contributed by atoms with van der Waals surface area (Å²) in [6.45, 7) is 7.92. The van der Waals surface area contributed by atoms with E-state index in [1.54, 1.807) is 6.07 Å². The number of likely N-dealkylation sites (N-methyl/N-ethyl adjacent to an activating group) is 1. The third-order valence-corrected chi connectivity index (χ3v) is 3.31. The molecule has 5 heteroatoms. The molecule has 1 aromatic carbocycles. The number of hydrogen-bond donors (Lipinski definition) is 2. The maximum Gasteiger partial charge on any atom is 0.163 e. The molecule has 19 heavy (non-hydrogen) atoms. The lowest BCUT2D eigenvalue weighted by atomic mass is 10.1. The number of benzene rings is 1. The first-order valence-electron chi connectivity index (χ1n) is 6.73. The molecule has 1 unspecified atom stereocenters. The second-order valence-corrected chi connectivity index (χ2v) is 4.41. The van der Waals surface area contributed by atoms with Gasteiger partial charge in [-0.3, -0.25) is 0 Å². The summed E-state index contributed by atoms with van der Waals surface area (Å²) in [4.78, 5) is 2.25. The van der Waals surface area contributed by atoms with Crippen molar-refractivity contribution < 1.29 is 8.78 Å². The molecular weight excluding hydrogens is 248 g/mol. The van der Waals surface area contributed by atoms with Crippen LogP contribution >= 0.6 is 0 Å². The molecule has 0 fully saturated rings. The maximum absolute atomic E-state index is 13.7. The highest BCUT2D eigenvalue weighted by molar-refractivity contribution is 5.22. The summed E-state index contributed by atoms with van der Waals surface area (Å²) in [6, 6.07) is 3.83. The SMILES string of the molecule is CCN(CC)CCNC(CN)c1cccc(F)c1F. The van der Waals surface area contributed by atoms with Crippen molar-refractivity contribution in [3.8, 4) is 0 Å². The van der Waals surface area contributed by atoms with E-state index in [4.69, 9.17) is 5.73 Å². The Kier molecular flexibility index (Phi) is 6.91. The van der Waals surface area contributed by atoms with Crippen LogP contribution in [0.25, 0.3) is 0 Å². The van der Waals surface area contributed by atoms with Gasteiger partial charge in [-0.05, 0) is 19.2 Å². The first-order chi connectivity index (χ1) is 9.13.